The minimum absolute atomic E-state index is 0.0741. The number of aromatic nitrogens is 1. The van der Waals surface area contributed by atoms with Crippen LogP contribution in [-0.2, 0) is 11.3 Å². The lowest BCUT2D eigenvalue weighted by Gasteiger charge is -1.99. The van der Waals surface area contributed by atoms with Gasteiger partial charge in [0.1, 0.15) is 5.69 Å². The van der Waals surface area contributed by atoms with Gasteiger partial charge in [-0.05, 0) is 30.7 Å². The molecule has 1 aromatic heterocycles. The summed E-state index contributed by atoms with van der Waals surface area (Å²) in [5, 5.41) is 9.59. The van der Waals surface area contributed by atoms with Gasteiger partial charge in [-0.2, -0.15) is 0 Å². The molecule has 5 nitrogen and oxygen atoms in total. The van der Waals surface area contributed by atoms with E-state index in [1.165, 1.54) is 7.11 Å². The van der Waals surface area contributed by atoms with E-state index in [1.807, 2.05) is 13.0 Å². The Kier molecular flexibility index (Phi) is 3.87. The number of carboxylic acids is 1. The van der Waals surface area contributed by atoms with Crippen LogP contribution < -0.4 is 0 Å². The number of aryl methyl sites for hydroxylation is 1. The maximum absolute atomic E-state index is 11.1. The van der Waals surface area contributed by atoms with Gasteiger partial charge in [-0.3, -0.25) is 0 Å². The number of halogens is 1. The summed E-state index contributed by atoms with van der Waals surface area (Å²) in [4.78, 5) is 15.2. The molecule has 2 rings (SSSR count). The van der Waals surface area contributed by atoms with Crippen LogP contribution >= 0.6 is 11.6 Å². The van der Waals surface area contributed by atoms with Crippen LogP contribution in [-0.4, -0.2) is 23.2 Å². The molecular formula is C13H12ClNO4. The summed E-state index contributed by atoms with van der Waals surface area (Å²) in [7, 11) is 1.46. The molecule has 0 saturated carbocycles. The van der Waals surface area contributed by atoms with Crippen LogP contribution in [0.15, 0.2) is 22.6 Å². The van der Waals surface area contributed by atoms with Crippen molar-refractivity contribution in [2.24, 2.45) is 0 Å². The van der Waals surface area contributed by atoms with E-state index in [0.29, 0.717) is 10.6 Å². The third-order valence-electron chi connectivity index (χ3n) is 2.46. The minimum Gasteiger partial charge on any atom is -0.475 e. The van der Waals surface area contributed by atoms with Crippen LogP contribution in [0.4, 0.5) is 0 Å². The molecule has 0 saturated heterocycles. The number of oxazole rings is 1. The monoisotopic (exact) mass is 281 g/mol. The van der Waals surface area contributed by atoms with Crippen LogP contribution in [0.3, 0.4) is 0 Å². The summed E-state index contributed by atoms with van der Waals surface area (Å²) in [5.41, 5.74) is 1.82. The van der Waals surface area contributed by atoms with Gasteiger partial charge < -0.3 is 14.3 Å². The number of carbonyl (C=O) groups is 1. The summed E-state index contributed by atoms with van der Waals surface area (Å²) in [6.45, 7) is 1.96. The SMILES string of the molecule is COCc1nc(-c2cc(C)cc(Cl)c2)oc1C(=O)O. The molecule has 0 bridgehead atoms. The van der Waals surface area contributed by atoms with E-state index in [-0.39, 0.29) is 24.0 Å². The normalized spacial score (nSPS) is 10.7. The number of benzene rings is 1. The van der Waals surface area contributed by atoms with Gasteiger partial charge in [0.05, 0.1) is 6.61 Å². The van der Waals surface area contributed by atoms with Crippen molar-refractivity contribution in [3.63, 3.8) is 0 Å². The second kappa shape index (κ2) is 5.42. The van der Waals surface area contributed by atoms with E-state index in [1.54, 1.807) is 12.1 Å². The average Bonchev–Trinajstić information content (AvgIpc) is 2.72. The summed E-state index contributed by atoms with van der Waals surface area (Å²) in [6, 6.07) is 5.28. The minimum atomic E-state index is -1.18. The third kappa shape index (κ3) is 2.94. The average molecular weight is 282 g/mol. The van der Waals surface area contributed by atoms with Gasteiger partial charge in [-0.25, -0.2) is 9.78 Å². The molecule has 0 spiro atoms. The molecule has 6 heteroatoms. The first-order valence-corrected chi connectivity index (χ1v) is 5.88. The van der Waals surface area contributed by atoms with Crippen molar-refractivity contribution in [2.75, 3.05) is 7.11 Å². The highest BCUT2D eigenvalue weighted by atomic mass is 35.5. The third-order valence-corrected chi connectivity index (χ3v) is 2.68. The van der Waals surface area contributed by atoms with E-state index in [9.17, 15) is 4.79 Å². The van der Waals surface area contributed by atoms with E-state index in [2.05, 4.69) is 4.98 Å². The van der Waals surface area contributed by atoms with Crippen molar-refractivity contribution in [1.82, 2.24) is 4.98 Å². The predicted molar refractivity (Wildman–Crippen MR) is 69.4 cm³/mol. The lowest BCUT2D eigenvalue weighted by molar-refractivity contribution is 0.0656. The number of methoxy groups -OCH3 is 1. The van der Waals surface area contributed by atoms with Crippen LogP contribution in [0.2, 0.25) is 5.02 Å². The molecule has 0 fully saturated rings. The lowest BCUT2D eigenvalue weighted by Crippen LogP contribution is -2.00. The highest BCUT2D eigenvalue weighted by Crippen LogP contribution is 2.26. The second-order valence-corrected chi connectivity index (χ2v) is 4.49. The molecule has 1 aromatic carbocycles. The Hall–Kier alpha value is -1.85. The molecule has 100 valence electrons. The Labute approximate surface area is 114 Å². The largest absolute Gasteiger partial charge is 0.475 e. The topological polar surface area (TPSA) is 72.6 Å². The molecule has 0 aliphatic carbocycles. The lowest BCUT2D eigenvalue weighted by atomic mass is 10.1. The first-order chi connectivity index (χ1) is 9.01. The maximum Gasteiger partial charge on any atom is 0.373 e. The van der Waals surface area contributed by atoms with Crippen LogP contribution in [0.25, 0.3) is 11.5 Å². The van der Waals surface area contributed by atoms with Gasteiger partial charge in [0.25, 0.3) is 0 Å². The molecule has 19 heavy (non-hydrogen) atoms. The molecular weight excluding hydrogens is 270 g/mol. The second-order valence-electron chi connectivity index (χ2n) is 4.05. The fourth-order valence-electron chi connectivity index (χ4n) is 1.74. The summed E-state index contributed by atoms with van der Waals surface area (Å²) >= 11 is 5.96. The Morgan fingerprint density at radius 2 is 2.21 bits per heavy atom. The van der Waals surface area contributed by atoms with Crippen molar-refractivity contribution in [1.29, 1.82) is 0 Å². The molecule has 1 heterocycles. The van der Waals surface area contributed by atoms with Crippen molar-refractivity contribution in [2.45, 2.75) is 13.5 Å². The fourth-order valence-corrected chi connectivity index (χ4v) is 2.03. The highest BCUT2D eigenvalue weighted by Gasteiger charge is 2.20. The Morgan fingerprint density at radius 3 is 2.79 bits per heavy atom. The number of hydrogen-bond acceptors (Lipinski definition) is 4. The van der Waals surface area contributed by atoms with Crippen molar-refractivity contribution in [3.05, 3.63) is 40.2 Å². The number of rotatable bonds is 4. The van der Waals surface area contributed by atoms with Crippen LogP contribution in [0.5, 0.6) is 0 Å². The zero-order valence-corrected chi connectivity index (χ0v) is 11.2. The van der Waals surface area contributed by atoms with Gasteiger partial charge >= 0.3 is 5.97 Å². The van der Waals surface area contributed by atoms with E-state index in [0.717, 1.165) is 5.56 Å². The first-order valence-electron chi connectivity index (χ1n) is 5.50. The quantitative estimate of drug-likeness (QED) is 0.932. The molecule has 1 N–H and O–H groups in total. The maximum atomic E-state index is 11.1. The van der Waals surface area contributed by atoms with E-state index >= 15 is 0 Å². The van der Waals surface area contributed by atoms with Gasteiger partial charge in [0.15, 0.2) is 0 Å². The molecule has 0 atom stereocenters. The van der Waals surface area contributed by atoms with Crippen molar-refractivity contribution in [3.8, 4) is 11.5 Å². The predicted octanol–water partition coefficient (Wildman–Crippen LogP) is 3.15. The van der Waals surface area contributed by atoms with Crippen LogP contribution in [0, 0.1) is 6.92 Å². The zero-order valence-electron chi connectivity index (χ0n) is 10.4. The smallest absolute Gasteiger partial charge is 0.373 e. The Bertz CT molecular complexity index is 601. The Morgan fingerprint density at radius 1 is 1.47 bits per heavy atom. The standard InChI is InChI=1S/C13H12ClNO4/c1-7-3-8(5-9(14)4-7)12-15-10(6-18-2)11(19-12)13(16)17/h3-5H,6H2,1-2H3,(H,16,17). The number of hydrogen-bond donors (Lipinski definition) is 1. The number of ether oxygens (including phenoxy) is 1. The molecule has 2 aromatic rings. The molecule has 0 radical (unpaired) electrons. The number of nitrogens with zero attached hydrogens (tertiary/aromatic N) is 1. The Balaban J connectivity index is 2.50. The summed E-state index contributed by atoms with van der Waals surface area (Å²) in [6.07, 6.45) is 0. The summed E-state index contributed by atoms with van der Waals surface area (Å²) in [5.74, 6) is -1.17. The van der Waals surface area contributed by atoms with Gasteiger partial charge in [-0.15, -0.1) is 0 Å². The van der Waals surface area contributed by atoms with Crippen LogP contribution in [0.1, 0.15) is 21.8 Å². The van der Waals surface area contributed by atoms with Crippen molar-refractivity contribution < 1.29 is 19.1 Å². The summed E-state index contributed by atoms with van der Waals surface area (Å²) < 4.78 is 10.2. The van der Waals surface area contributed by atoms with Gasteiger partial charge in [0, 0.05) is 17.7 Å². The molecule has 0 aliphatic rings. The van der Waals surface area contributed by atoms with E-state index in [4.69, 9.17) is 25.9 Å². The zero-order chi connectivity index (χ0) is 14.0. The highest BCUT2D eigenvalue weighted by molar-refractivity contribution is 6.30. The van der Waals surface area contributed by atoms with Gasteiger partial charge in [-0.1, -0.05) is 11.6 Å². The van der Waals surface area contributed by atoms with E-state index < -0.39 is 5.97 Å². The molecule has 0 aliphatic heterocycles. The molecule has 0 unspecified atom stereocenters. The number of carboxylic acid groups (broad SMARTS) is 1. The first kappa shape index (κ1) is 13.6. The number of aromatic carboxylic acids is 1. The molecule has 0 amide bonds. The van der Waals surface area contributed by atoms with Crippen molar-refractivity contribution >= 4 is 17.6 Å². The fraction of sp³-hybridized carbons (Fsp3) is 0.231. The van der Waals surface area contributed by atoms with Gasteiger partial charge in [0.2, 0.25) is 11.7 Å².